The normalized spacial score (nSPS) is 18.9. The van der Waals surface area contributed by atoms with E-state index in [1.54, 1.807) is 12.1 Å². The summed E-state index contributed by atoms with van der Waals surface area (Å²) in [6, 6.07) is 12.6. The number of hydrogen-bond acceptors (Lipinski definition) is 3. The molecule has 1 unspecified atom stereocenters. The van der Waals surface area contributed by atoms with Gasteiger partial charge in [0.1, 0.15) is 0 Å². The Morgan fingerprint density at radius 1 is 1.24 bits per heavy atom. The van der Waals surface area contributed by atoms with Crippen molar-refractivity contribution in [1.29, 1.82) is 0 Å². The molecule has 0 N–H and O–H groups in total. The van der Waals surface area contributed by atoms with Crippen molar-refractivity contribution in [3.05, 3.63) is 85.5 Å². The molecular formula is C27H25Cl2FInNO2. The number of nitrogens with zero attached hydrogens (tertiary/aromatic N) is 1. The van der Waals surface area contributed by atoms with Crippen LogP contribution in [-0.2, 0) is 9.53 Å². The first-order valence-corrected chi connectivity index (χ1v) is 17.3. The van der Waals surface area contributed by atoms with E-state index in [1.165, 1.54) is 28.0 Å². The van der Waals surface area contributed by atoms with Crippen LogP contribution in [0.5, 0.6) is 0 Å². The molecule has 2 aliphatic heterocycles. The fourth-order valence-electron chi connectivity index (χ4n) is 4.61. The molecule has 0 saturated carbocycles. The topological polar surface area (TPSA) is 38.7 Å². The van der Waals surface area contributed by atoms with Crippen LogP contribution in [0.15, 0.2) is 60.9 Å². The Hall–Kier alpha value is -1.66. The molecule has 1 atom stereocenters. The number of carbonyl (C=O) groups excluding carboxylic acids is 1. The summed E-state index contributed by atoms with van der Waals surface area (Å²) in [4.78, 5) is 11.1. The van der Waals surface area contributed by atoms with Gasteiger partial charge in [-0.1, -0.05) is 0 Å². The summed E-state index contributed by atoms with van der Waals surface area (Å²) in [5, 5.41) is -0.115. The van der Waals surface area contributed by atoms with Gasteiger partial charge in [-0.15, -0.1) is 0 Å². The van der Waals surface area contributed by atoms with E-state index < -0.39 is 27.0 Å². The van der Waals surface area contributed by atoms with Gasteiger partial charge in [-0.25, -0.2) is 0 Å². The van der Waals surface area contributed by atoms with Crippen LogP contribution in [0.2, 0.25) is 5.02 Å². The van der Waals surface area contributed by atoms with E-state index in [9.17, 15) is 9.18 Å². The summed E-state index contributed by atoms with van der Waals surface area (Å²) in [6.07, 6.45) is 11.2. The number of rotatable bonds is 7. The zero-order valence-electron chi connectivity index (χ0n) is 18.9. The summed E-state index contributed by atoms with van der Waals surface area (Å²) in [5.74, 6) is -0.355. The fraction of sp³-hybridized carbons (Fsp3) is 0.259. The fourth-order valence-corrected chi connectivity index (χ4v) is 13.0. The molecule has 2 aromatic carbocycles. The van der Waals surface area contributed by atoms with Gasteiger partial charge >= 0.3 is 219 Å². The Balaban J connectivity index is 1.84. The van der Waals surface area contributed by atoms with Crippen LogP contribution in [0.4, 0.5) is 4.39 Å². The molecular weight excluding hydrogens is 575 g/mol. The molecule has 174 valence electrons. The molecule has 0 radical (unpaired) electrons. The van der Waals surface area contributed by atoms with Crippen molar-refractivity contribution < 1.29 is 13.9 Å². The summed E-state index contributed by atoms with van der Waals surface area (Å²) >= 11 is 9.30. The van der Waals surface area contributed by atoms with Gasteiger partial charge in [-0.05, 0) is 0 Å². The quantitative estimate of drug-likeness (QED) is 0.191. The molecule has 0 spiro atoms. The number of carbonyl (C=O) groups is 1. The molecule has 0 aliphatic carbocycles. The van der Waals surface area contributed by atoms with Gasteiger partial charge in [-0.3, -0.25) is 0 Å². The SMILES string of the molecule is CC/C(=C(\[C]1=CC=[N][In]1[CH]1CCCCO1)c1ccc(/C=C/C(=O)Cl)cc1)c1ccc(F)cc1Cl. The van der Waals surface area contributed by atoms with Gasteiger partial charge in [-0.2, -0.15) is 0 Å². The Morgan fingerprint density at radius 2 is 2.03 bits per heavy atom. The third-order valence-electron chi connectivity index (χ3n) is 6.19. The van der Waals surface area contributed by atoms with E-state index in [-0.39, 0.29) is 9.68 Å². The summed E-state index contributed by atoms with van der Waals surface area (Å²) < 4.78 is 26.5. The van der Waals surface area contributed by atoms with E-state index in [4.69, 9.17) is 30.9 Å². The monoisotopic (exact) mass is 599 g/mol. The van der Waals surface area contributed by atoms with E-state index in [2.05, 4.69) is 13.0 Å². The third kappa shape index (κ3) is 5.93. The van der Waals surface area contributed by atoms with Crippen LogP contribution < -0.4 is 0 Å². The number of allylic oxidation sites excluding steroid dienone is 5. The number of benzene rings is 2. The Labute approximate surface area is 217 Å². The Bertz CT molecular complexity index is 1180. The van der Waals surface area contributed by atoms with E-state index in [0.717, 1.165) is 53.7 Å². The van der Waals surface area contributed by atoms with Crippen molar-refractivity contribution in [1.82, 2.24) is 0 Å². The predicted molar refractivity (Wildman–Crippen MR) is 141 cm³/mol. The third-order valence-corrected chi connectivity index (χ3v) is 14.7. The van der Waals surface area contributed by atoms with Crippen molar-refractivity contribution in [2.45, 2.75) is 36.5 Å². The molecule has 2 heterocycles. The van der Waals surface area contributed by atoms with Crippen LogP contribution >= 0.6 is 23.2 Å². The second-order valence-electron chi connectivity index (χ2n) is 8.36. The van der Waals surface area contributed by atoms with E-state index in [1.807, 2.05) is 30.5 Å². The van der Waals surface area contributed by atoms with Crippen LogP contribution in [0, 0.1) is 5.82 Å². The van der Waals surface area contributed by atoms with Gasteiger partial charge < -0.3 is 0 Å². The molecule has 1 fully saturated rings. The van der Waals surface area contributed by atoms with E-state index >= 15 is 0 Å². The van der Waals surface area contributed by atoms with Gasteiger partial charge in [0.05, 0.1) is 0 Å². The Morgan fingerprint density at radius 3 is 2.68 bits per heavy atom. The number of ether oxygens (including phenoxy) is 1. The molecule has 0 amide bonds. The van der Waals surface area contributed by atoms with Gasteiger partial charge in [0.25, 0.3) is 0 Å². The van der Waals surface area contributed by atoms with Gasteiger partial charge in [0.15, 0.2) is 0 Å². The van der Waals surface area contributed by atoms with E-state index in [0.29, 0.717) is 5.02 Å². The molecule has 4 rings (SSSR count). The van der Waals surface area contributed by atoms with Crippen LogP contribution in [0.25, 0.3) is 17.2 Å². The zero-order valence-corrected chi connectivity index (χ0v) is 23.7. The molecule has 2 aromatic rings. The van der Waals surface area contributed by atoms with Crippen LogP contribution in [-0.4, -0.2) is 43.6 Å². The van der Waals surface area contributed by atoms with Crippen LogP contribution in [0.1, 0.15) is 49.3 Å². The van der Waals surface area contributed by atoms with Crippen molar-refractivity contribution in [2.75, 3.05) is 6.61 Å². The first-order chi connectivity index (χ1) is 16.5. The average Bonchev–Trinajstić information content (AvgIpc) is 3.32. The summed E-state index contributed by atoms with van der Waals surface area (Å²) in [6.45, 7) is 2.89. The second-order valence-corrected chi connectivity index (χ2v) is 16.4. The first-order valence-electron chi connectivity index (χ1n) is 11.5. The van der Waals surface area contributed by atoms with Gasteiger partial charge in [0.2, 0.25) is 0 Å². The molecule has 0 aromatic heterocycles. The minimum atomic E-state index is -2.68. The molecule has 3 nitrogen and oxygen atoms in total. The maximum absolute atomic E-state index is 13.8. The second kappa shape index (κ2) is 11.9. The van der Waals surface area contributed by atoms with Crippen LogP contribution in [0.3, 0.4) is 0 Å². The first kappa shape index (κ1) is 25.4. The predicted octanol–water partition coefficient (Wildman–Crippen LogP) is 7.23. The summed E-state index contributed by atoms with van der Waals surface area (Å²) in [5.41, 5.74) is 4.94. The Kier molecular flexibility index (Phi) is 8.86. The number of hydrogen-bond donors (Lipinski definition) is 0. The molecule has 0 bridgehead atoms. The zero-order chi connectivity index (χ0) is 24.1. The van der Waals surface area contributed by atoms with Crippen molar-refractivity contribution in [3.63, 3.8) is 0 Å². The molecule has 34 heavy (non-hydrogen) atoms. The van der Waals surface area contributed by atoms with Crippen molar-refractivity contribution in [3.8, 4) is 0 Å². The molecule has 7 heteroatoms. The molecule has 2 aliphatic rings. The standard InChI is InChI=1S/C22H16Cl2FNO.C5H9O.In/c1-2-18(20-11-10-17(25)14-21(20)23)19(4-3-13-26)16-8-5-15(6-9-16)7-12-22(24)27;1-2-4-6-5-3-1;/h3,5-14H,2H2,1H3;4H,1-3,5H2;/q-1;;+1/b4-3?,12-7+,19-18-;;. The summed E-state index contributed by atoms with van der Waals surface area (Å²) in [7, 11) is 0. The van der Waals surface area contributed by atoms with Crippen molar-refractivity contribution in [2.24, 2.45) is 2.98 Å². The minimum absolute atomic E-state index is 0.231. The van der Waals surface area contributed by atoms with Gasteiger partial charge in [0, 0.05) is 0 Å². The van der Waals surface area contributed by atoms with Crippen molar-refractivity contribution >= 4 is 73.6 Å². The maximum atomic E-state index is 13.8. The number of halogens is 3. The average molecular weight is 600 g/mol. The molecule has 1 saturated heterocycles.